The zero-order valence-electron chi connectivity index (χ0n) is 17.2. The number of pyridine rings is 2. The van der Waals surface area contributed by atoms with Crippen LogP contribution in [0.25, 0.3) is 11.0 Å². The Hall–Kier alpha value is -2.41. The summed E-state index contributed by atoms with van der Waals surface area (Å²) < 4.78 is 7.08. The summed E-state index contributed by atoms with van der Waals surface area (Å²) in [6.45, 7) is 4.41. The van der Waals surface area contributed by atoms with Gasteiger partial charge in [-0.15, -0.1) is 0 Å². The molecule has 158 valence electrons. The fourth-order valence-corrected chi connectivity index (χ4v) is 4.08. The van der Waals surface area contributed by atoms with Crippen molar-refractivity contribution in [2.45, 2.75) is 32.0 Å². The zero-order valence-corrected chi connectivity index (χ0v) is 17.9. The molecule has 3 heterocycles. The Morgan fingerprint density at radius 2 is 1.90 bits per heavy atom. The fourth-order valence-electron chi connectivity index (χ4n) is 3.96. The minimum Gasteiger partial charge on any atom is -0.495 e. The van der Waals surface area contributed by atoms with Crippen molar-refractivity contribution in [1.82, 2.24) is 19.8 Å². The molecule has 30 heavy (non-hydrogen) atoms. The van der Waals surface area contributed by atoms with Gasteiger partial charge in [-0.1, -0.05) is 23.7 Å². The highest BCUT2D eigenvalue weighted by atomic mass is 35.5. The number of hydrogen-bond acceptors (Lipinski definition) is 5. The number of methoxy groups -OCH3 is 1. The van der Waals surface area contributed by atoms with Crippen LogP contribution in [0.5, 0.6) is 5.75 Å². The second-order valence-corrected chi connectivity index (χ2v) is 8.16. The van der Waals surface area contributed by atoms with Crippen LogP contribution in [-0.4, -0.2) is 47.2 Å². The number of nitrogens with zero attached hydrogens (tertiary/aromatic N) is 3. The lowest BCUT2D eigenvalue weighted by Gasteiger charge is -2.32. The van der Waals surface area contributed by atoms with Crippen LogP contribution >= 0.6 is 11.6 Å². The third-order valence-corrected chi connectivity index (χ3v) is 6.04. The van der Waals surface area contributed by atoms with E-state index in [1.54, 1.807) is 30.0 Å². The first-order valence-electron chi connectivity index (χ1n) is 10.4. The smallest absolute Gasteiger partial charge is 0.251 e. The molecule has 4 rings (SSSR count). The average Bonchev–Trinajstić information content (AvgIpc) is 2.78. The maximum atomic E-state index is 12.5. The van der Waals surface area contributed by atoms with Crippen LogP contribution in [0.4, 0.5) is 0 Å². The number of fused-ring (bicyclic) bond motifs is 1. The van der Waals surface area contributed by atoms with E-state index in [4.69, 9.17) is 16.3 Å². The largest absolute Gasteiger partial charge is 0.495 e. The molecule has 1 N–H and O–H groups in total. The number of halogens is 1. The van der Waals surface area contributed by atoms with E-state index in [1.807, 2.05) is 18.2 Å². The highest BCUT2D eigenvalue weighted by molar-refractivity contribution is 6.30. The third-order valence-electron chi connectivity index (χ3n) is 5.78. The van der Waals surface area contributed by atoms with Crippen molar-refractivity contribution in [2.24, 2.45) is 0 Å². The number of rotatable bonds is 7. The van der Waals surface area contributed by atoms with Crippen molar-refractivity contribution in [2.75, 3.05) is 26.7 Å². The van der Waals surface area contributed by atoms with Crippen molar-refractivity contribution >= 4 is 22.6 Å². The lowest BCUT2D eigenvalue weighted by Crippen LogP contribution is -2.43. The summed E-state index contributed by atoms with van der Waals surface area (Å²) in [6, 6.07) is 13.8. The normalized spacial score (nSPS) is 15.5. The maximum absolute atomic E-state index is 12.5. The van der Waals surface area contributed by atoms with Gasteiger partial charge >= 0.3 is 0 Å². The number of ether oxygens (including phenoxy) is 1. The van der Waals surface area contributed by atoms with E-state index in [2.05, 4.69) is 27.3 Å². The second kappa shape index (κ2) is 9.60. The Morgan fingerprint density at radius 1 is 1.13 bits per heavy atom. The summed E-state index contributed by atoms with van der Waals surface area (Å²) in [5, 5.41) is 4.42. The van der Waals surface area contributed by atoms with Gasteiger partial charge < -0.3 is 19.5 Å². The molecule has 0 atom stereocenters. The predicted molar refractivity (Wildman–Crippen MR) is 120 cm³/mol. The Labute approximate surface area is 181 Å². The van der Waals surface area contributed by atoms with Crippen molar-refractivity contribution in [3.63, 3.8) is 0 Å². The lowest BCUT2D eigenvalue weighted by atomic mass is 10.0. The molecular formula is C23H27ClN4O2. The van der Waals surface area contributed by atoms with Gasteiger partial charge in [0, 0.05) is 42.8 Å². The number of benzene rings is 1. The first kappa shape index (κ1) is 20.8. The predicted octanol–water partition coefficient (Wildman–Crippen LogP) is 3.31. The Morgan fingerprint density at radius 3 is 2.63 bits per heavy atom. The molecule has 1 aromatic carbocycles. The Bertz CT molecular complexity index is 1040. The van der Waals surface area contributed by atoms with Gasteiger partial charge in [0.25, 0.3) is 5.56 Å². The molecule has 3 aromatic rings. The molecule has 1 aliphatic heterocycles. The van der Waals surface area contributed by atoms with Crippen molar-refractivity contribution in [3.8, 4) is 5.75 Å². The van der Waals surface area contributed by atoms with Crippen LogP contribution in [0.2, 0.25) is 5.02 Å². The van der Waals surface area contributed by atoms with Crippen LogP contribution in [-0.2, 0) is 13.1 Å². The second-order valence-electron chi connectivity index (χ2n) is 7.73. The first-order valence-corrected chi connectivity index (χ1v) is 10.7. The van der Waals surface area contributed by atoms with Gasteiger partial charge in [0.2, 0.25) is 0 Å². The van der Waals surface area contributed by atoms with Crippen LogP contribution in [0.15, 0.2) is 53.5 Å². The molecule has 2 aromatic heterocycles. The van der Waals surface area contributed by atoms with Crippen molar-refractivity contribution in [1.29, 1.82) is 0 Å². The van der Waals surface area contributed by atoms with E-state index in [1.165, 1.54) is 5.56 Å². The van der Waals surface area contributed by atoms with E-state index < -0.39 is 0 Å². The summed E-state index contributed by atoms with van der Waals surface area (Å²) in [5.74, 6) is 0.662. The molecular weight excluding hydrogens is 400 g/mol. The van der Waals surface area contributed by atoms with Crippen LogP contribution < -0.4 is 15.6 Å². The molecule has 0 aliphatic carbocycles. The molecule has 0 spiro atoms. The quantitative estimate of drug-likeness (QED) is 0.628. The molecule has 0 saturated carbocycles. The molecule has 0 amide bonds. The monoisotopic (exact) mass is 426 g/mol. The molecule has 1 aliphatic rings. The molecule has 0 radical (unpaired) electrons. The number of nitrogens with one attached hydrogen (secondary N) is 1. The van der Waals surface area contributed by atoms with Gasteiger partial charge in [-0.25, -0.2) is 0 Å². The summed E-state index contributed by atoms with van der Waals surface area (Å²) in [4.78, 5) is 19.3. The highest BCUT2D eigenvalue weighted by Crippen LogP contribution is 2.17. The Kier molecular flexibility index (Phi) is 6.67. The number of aromatic nitrogens is 2. The van der Waals surface area contributed by atoms with E-state index in [-0.39, 0.29) is 5.56 Å². The maximum Gasteiger partial charge on any atom is 0.251 e. The van der Waals surface area contributed by atoms with Gasteiger partial charge in [0.1, 0.15) is 5.75 Å². The van der Waals surface area contributed by atoms with Gasteiger partial charge in [-0.05, 0) is 49.7 Å². The number of hydrogen-bond donors (Lipinski definition) is 1. The number of likely N-dealkylation sites (tertiary alicyclic amines) is 1. The van der Waals surface area contributed by atoms with Crippen LogP contribution in [0, 0.1) is 0 Å². The SMILES string of the molecule is COc1cnc2ccc(=O)n(CCN3CCC(NCc4ccc(Cl)cc4)CC3)c2c1. The summed E-state index contributed by atoms with van der Waals surface area (Å²) >= 11 is 5.95. The fraction of sp³-hybridized carbons (Fsp3) is 0.391. The molecule has 7 heteroatoms. The van der Waals surface area contributed by atoms with Crippen molar-refractivity contribution in [3.05, 3.63) is 69.6 Å². The topological polar surface area (TPSA) is 59.4 Å². The summed E-state index contributed by atoms with van der Waals surface area (Å²) in [5.41, 5.74) is 2.88. The van der Waals surface area contributed by atoms with Gasteiger partial charge in [-0.2, -0.15) is 0 Å². The van der Waals surface area contributed by atoms with Crippen LogP contribution in [0.1, 0.15) is 18.4 Å². The van der Waals surface area contributed by atoms with Gasteiger partial charge in [0.15, 0.2) is 0 Å². The van der Waals surface area contributed by atoms with Crippen molar-refractivity contribution < 1.29 is 4.74 Å². The lowest BCUT2D eigenvalue weighted by molar-refractivity contribution is 0.191. The Balaban J connectivity index is 1.31. The van der Waals surface area contributed by atoms with Gasteiger partial charge in [-0.3, -0.25) is 9.78 Å². The highest BCUT2D eigenvalue weighted by Gasteiger charge is 2.19. The first-order chi connectivity index (χ1) is 14.6. The zero-order chi connectivity index (χ0) is 20.9. The standard InChI is InChI=1S/C23H27ClN4O2/c1-30-20-14-22-21(26-16-20)6-7-23(29)28(22)13-12-27-10-8-19(9-11-27)25-15-17-2-4-18(24)5-3-17/h2-7,14,16,19,25H,8-13,15H2,1H3. The minimum atomic E-state index is -0.00271. The third kappa shape index (κ3) is 5.01. The van der Waals surface area contributed by atoms with E-state index in [9.17, 15) is 4.79 Å². The molecule has 0 unspecified atom stereocenters. The van der Waals surface area contributed by atoms with E-state index >= 15 is 0 Å². The molecule has 0 bridgehead atoms. The number of piperidine rings is 1. The average molecular weight is 427 g/mol. The van der Waals surface area contributed by atoms with Gasteiger partial charge in [0.05, 0.1) is 24.3 Å². The summed E-state index contributed by atoms with van der Waals surface area (Å²) in [6.07, 6.45) is 3.89. The summed E-state index contributed by atoms with van der Waals surface area (Å²) in [7, 11) is 1.61. The molecule has 1 fully saturated rings. The molecule has 6 nitrogen and oxygen atoms in total. The van der Waals surface area contributed by atoms with Crippen LogP contribution in [0.3, 0.4) is 0 Å². The molecule has 1 saturated heterocycles. The van der Waals surface area contributed by atoms with E-state index in [0.29, 0.717) is 18.3 Å². The van der Waals surface area contributed by atoms with E-state index in [0.717, 1.165) is 55.1 Å². The minimum absolute atomic E-state index is 0.00271.